The van der Waals surface area contributed by atoms with Gasteiger partial charge in [-0.3, -0.25) is 4.79 Å². The van der Waals surface area contributed by atoms with Crippen molar-refractivity contribution in [3.63, 3.8) is 0 Å². The standard InChI is InChI=1S/C12H12N2O3/c1-16-8-11(15)14-10-4-2-3-9(7-10)12-13-5-6-17-12/h2-7H,8H2,1H3,(H,14,15). The van der Waals surface area contributed by atoms with Crippen molar-refractivity contribution in [3.05, 3.63) is 36.7 Å². The highest BCUT2D eigenvalue weighted by Gasteiger charge is 2.05. The highest BCUT2D eigenvalue weighted by atomic mass is 16.5. The fourth-order valence-corrected chi connectivity index (χ4v) is 1.42. The number of aromatic nitrogens is 1. The Bertz CT molecular complexity index is 494. The Balaban J connectivity index is 2.15. The Morgan fingerprint density at radius 3 is 3.12 bits per heavy atom. The third-order valence-electron chi connectivity index (χ3n) is 2.10. The average Bonchev–Trinajstić information content (AvgIpc) is 2.83. The van der Waals surface area contributed by atoms with Gasteiger partial charge in [-0.05, 0) is 18.2 Å². The summed E-state index contributed by atoms with van der Waals surface area (Å²) in [5.41, 5.74) is 1.49. The lowest BCUT2D eigenvalue weighted by Gasteiger charge is -2.05. The van der Waals surface area contributed by atoms with Crippen LogP contribution in [-0.2, 0) is 9.53 Å². The third-order valence-corrected chi connectivity index (χ3v) is 2.10. The van der Waals surface area contributed by atoms with E-state index in [-0.39, 0.29) is 12.5 Å². The van der Waals surface area contributed by atoms with Crippen LogP contribution in [0.5, 0.6) is 0 Å². The molecule has 1 aromatic carbocycles. The van der Waals surface area contributed by atoms with Crippen LogP contribution < -0.4 is 5.32 Å². The summed E-state index contributed by atoms with van der Waals surface area (Å²) in [6, 6.07) is 7.26. The van der Waals surface area contributed by atoms with Gasteiger partial charge in [0.05, 0.1) is 6.20 Å². The van der Waals surface area contributed by atoms with Crippen LogP contribution in [0.15, 0.2) is 41.1 Å². The zero-order valence-corrected chi connectivity index (χ0v) is 9.34. The zero-order valence-electron chi connectivity index (χ0n) is 9.34. The highest BCUT2D eigenvalue weighted by molar-refractivity contribution is 5.92. The van der Waals surface area contributed by atoms with Gasteiger partial charge >= 0.3 is 0 Å². The zero-order chi connectivity index (χ0) is 12.1. The molecule has 1 N–H and O–H groups in total. The second-order valence-electron chi connectivity index (χ2n) is 3.40. The number of carbonyl (C=O) groups excluding carboxylic acids is 1. The molecule has 0 spiro atoms. The van der Waals surface area contributed by atoms with Crippen molar-refractivity contribution in [2.75, 3.05) is 19.0 Å². The van der Waals surface area contributed by atoms with Crippen LogP contribution in [0.1, 0.15) is 0 Å². The van der Waals surface area contributed by atoms with Gasteiger partial charge < -0.3 is 14.5 Å². The first-order chi connectivity index (χ1) is 8.29. The number of hydrogen-bond donors (Lipinski definition) is 1. The first-order valence-corrected chi connectivity index (χ1v) is 5.08. The van der Waals surface area contributed by atoms with Crippen LogP contribution >= 0.6 is 0 Å². The van der Waals surface area contributed by atoms with Crippen molar-refractivity contribution in [1.82, 2.24) is 4.98 Å². The first-order valence-electron chi connectivity index (χ1n) is 5.08. The highest BCUT2D eigenvalue weighted by Crippen LogP contribution is 2.20. The van der Waals surface area contributed by atoms with Crippen LogP contribution in [0.2, 0.25) is 0 Å². The number of carbonyl (C=O) groups is 1. The van der Waals surface area contributed by atoms with Crippen molar-refractivity contribution < 1.29 is 13.9 Å². The monoisotopic (exact) mass is 232 g/mol. The van der Waals surface area contributed by atoms with Crippen molar-refractivity contribution in [2.45, 2.75) is 0 Å². The van der Waals surface area contributed by atoms with Crippen molar-refractivity contribution in [3.8, 4) is 11.5 Å². The molecule has 0 aliphatic rings. The third kappa shape index (κ3) is 2.92. The van der Waals surface area contributed by atoms with Crippen LogP contribution in [0.3, 0.4) is 0 Å². The Hall–Kier alpha value is -2.14. The van der Waals surface area contributed by atoms with E-state index in [9.17, 15) is 4.79 Å². The summed E-state index contributed by atoms with van der Waals surface area (Å²) in [4.78, 5) is 15.4. The molecule has 0 fully saturated rings. The molecule has 1 amide bonds. The number of ether oxygens (including phenoxy) is 1. The van der Waals surface area contributed by atoms with Crippen LogP contribution in [0, 0.1) is 0 Å². The molecule has 0 unspecified atom stereocenters. The molecule has 88 valence electrons. The summed E-state index contributed by atoms with van der Waals surface area (Å²) in [5, 5.41) is 2.71. The van der Waals surface area contributed by atoms with Crippen LogP contribution in [0.25, 0.3) is 11.5 Å². The molecule has 0 saturated carbocycles. The van der Waals surface area contributed by atoms with Gasteiger partial charge in [0.25, 0.3) is 0 Å². The second kappa shape index (κ2) is 5.27. The maximum atomic E-state index is 11.3. The molecular weight excluding hydrogens is 220 g/mol. The van der Waals surface area contributed by atoms with Gasteiger partial charge in [0, 0.05) is 18.4 Å². The normalized spacial score (nSPS) is 10.2. The molecule has 1 heterocycles. The van der Waals surface area contributed by atoms with E-state index in [0.717, 1.165) is 5.56 Å². The maximum Gasteiger partial charge on any atom is 0.250 e. The van der Waals surface area contributed by atoms with Crippen molar-refractivity contribution in [1.29, 1.82) is 0 Å². The molecule has 2 aromatic rings. The number of benzene rings is 1. The molecule has 0 bridgehead atoms. The van der Waals surface area contributed by atoms with E-state index in [0.29, 0.717) is 11.6 Å². The SMILES string of the molecule is COCC(=O)Nc1cccc(-c2ncco2)c1. The Morgan fingerprint density at radius 2 is 2.41 bits per heavy atom. The molecule has 0 atom stereocenters. The minimum absolute atomic E-state index is 0.0310. The lowest BCUT2D eigenvalue weighted by Crippen LogP contribution is -2.16. The van der Waals surface area contributed by atoms with Gasteiger partial charge in [0.1, 0.15) is 12.9 Å². The Morgan fingerprint density at radius 1 is 1.53 bits per heavy atom. The lowest BCUT2D eigenvalue weighted by molar-refractivity contribution is -0.119. The summed E-state index contributed by atoms with van der Waals surface area (Å²) in [7, 11) is 1.47. The van der Waals surface area contributed by atoms with Crippen LogP contribution in [0.4, 0.5) is 5.69 Å². The lowest BCUT2D eigenvalue weighted by atomic mass is 10.2. The van der Waals surface area contributed by atoms with E-state index in [1.807, 2.05) is 12.1 Å². The number of oxazole rings is 1. The van der Waals surface area contributed by atoms with Gasteiger partial charge in [-0.2, -0.15) is 0 Å². The van der Waals surface area contributed by atoms with Gasteiger partial charge in [-0.25, -0.2) is 4.98 Å². The number of hydrogen-bond acceptors (Lipinski definition) is 4. The maximum absolute atomic E-state index is 11.3. The quantitative estimate of drug-likeness (QED) is 0.874. The fourth-order valence-electron chi connectivity index (χ4n) is 1.42. The summed E-state index contributed by atoms with van der Waals surface area (Å²) in [6.07, 6.45) is 3.08. The molecule has 17 heavy (non-hydrogen) atoms. The number of rotatable bonds is 4. The minimum Gasteiger partial charge on any atom is -0.445 e. The Kier molecular flexibility index (Phi) is 3.52. The second-order valence-corrected chi connectivity index (χ2v) is 3.40. The molecule has 5 nitrogen and oxygen atoms in total. The smallest absolute Gasteiger partial charge is 0.250 e. The van der Waals surface area contributed by atoms with E-state index in [1.165, 1.54) is 13.4 Å². The van der Waals surface area contributed by atoms with E-state index in [2.05, 4.69) is 10.3 Å². The molecule has 1 aromatic heterocycles. The van der Waals surface area contributed by atoms with E-state index in [1.54, 1.807) is 18.3 Å². The number of nitrogens with one attached hydrogen (secondary N) is 1. The number of anilines is 1. The summed E-state index contributed by atoms with van der Waals surface area (Å²) in [6.45, 7) is 0.0310. The first kappa shape index (κ1) is 11.3. The van der Waals surface area contributed by atoms with Crippen molar-refractivity contribution in [2.24, 2.45) is 0 Å². The largest absolute Gasteiger partial charge is 0.445 e. The van der Waals surface area contributed by atoms with Gasteiger partial charge in [0.2, 0.25) is 11.8 Å². The van der Waals surface area contributed by atoms with E-state index >= 15 is 0 Å². The van der Waals surface area contributed by atoms with Gasteiger partial charge in [-0.1, -0.05) is 6.07 Å². The Labute approximate surface area is 98.4 Å². The molecule has 0 aliphatic heterocycles. The molecule has 2 rings (SSSR count). The van der Waals surface area contributed by atoms with Gasteiger partial charge in [-0.15, -0.1) is 0 Å². The van der Waals surface area contributed by atoms with Crippen molar-refractivity contribution >= 4 is 11.6 Å². The molecule has 5 heteroatoms. The topological polar surface area (TPSA) is 64.4 Å². The number of methoxy groups -OCH3 is 1. The summed E-state index contributed by atoms with van der Waals surface area (Å²) in [5.74, 6) is 0.324. The molecular formula is C12H12N2O3. The minimum atomic E-state index is -0.197. The number of nitrogens with zero attached hydrogens (tertiary/aromatic N) is 1. The van der Waals surface area contributed by atoms with E-state index < -0.39 is 0 Å². The summed E-state index contributed by atoms with van der Waals surface area (Å²) < 4.78 is 9.91. The molecule has 0 radical (unpaired) electrons. The molecule has 0 aliphatic carbocycles. The van der Waals surface area contributed by atoms with E-state index in [4.69, 9.17) is 9.15 Å². The predicted molar refractivity (Wildman–Crippen MR) is 62.4 cm³/mol. The summed E-state index contributed by atoms with van der Waals surface area (Å²) >= 11 is 0. The van der Waals surface area contributed by atoms with Crippen LogP contribution in [-0.4, -0.2) is 24.6 Å². The molecule has 0 saturated heterocycles. The predicted octanol–water partition coefficient (Wildman–Crippen LogP) is 1.93. The number of amides is 1. The average molecular weight is 232 g/mol. The fraction of sp³-hybridized carbons (Fsp3) is 0.167. The van der Waals surface area contributed by atoms with Gasteiger partial charge in [0.15, 0.2) is 0 Å².